The SMILES string of the molecule is [O-]N(Cc1ccccn1)c1cc(-c2cccc3[nH]ccc23)cc2c1CNN2. The van der Waals surface area contributed by atoms with E-state index in [1.807, 2.05) is 42.6 Å². The number of anilines is 2. The Morgan fingerprint density at radius 1 is 1.07 bits per heavy atom. The monoisotopic (exact) mass is 356 g/mol. The Morgan fingerprint density at radius 3 is 2.93 bits per heavy atom. The first kappa shape index (κ1) is 15.9. The topological polar surface area (TPSA) is 79.0 Å². The van der Waals surface area contributed by atoms with E-state index in [2.05, 4.69) is 39.0 Å². The highest BCUT2D eigenvalue weighted by molar-refractivity contribution is 5.96. The Kier molecular flexibility index (Phi) is 3.78. The van der Waals surface area contributed by atoms with Gasteiger partial charge in [0, 0.05) is 47.6 Å². The van der Waals surface area contributed by atoms with Crippen molar-refractivity contribution in [2.45, 2.75) is 13.1 Å². The molecular weight excluding hydrogens is 338 g/mol. The Labute approximate surface area is 156 Å². The summed E-state index contributed by atoms with van der Waals surface area (Å²) in [5.41, 5.74) is 12.8. The minimum Gasteiger partial charge on any atom is -0.758 e. The number of rotatable bonds is 4. The molecule has 0 bridgehead atoms. The number of hydrogen-bond acceptors (Lipinski definition) is 5. The molecule has 2 aromatic heterocycles. The molecule has 1 aliphatic heterocycles. The molecule has 2 aromatic carbocycles. The first-order valence-electron chi connectivity index (χ1n) is 8.86. The van der Waals surface area contributed by atoms with Crippen LogP contribution in [0.3, 0.4) is 0 Å². The molecule has 3 heterocycles. The summed E-state index contributed by atoms with van der Waals surface area (Å²) >= 11 is 0. The molecule has 27 heavy (non-hydrogen) atoms. The van der Waals surface area contributed by atoms with E-state index < -0.39 is 0 Å². The number of fused-ring (bicyclic) bond motifs is 2. The van der Waals surface area contributed by atoms with E-state index in [4.69, 9.17) is 0 Å². The van der Waals surface area contributed by atoms with Crippen LogP contribution in [-0.4, -0.2) is 9.97 Å². The van der Waals surface area contributed by atoms with Gasteiger partial charge in [-0.25, -0.2) is 5.43 Å². The van der Waals surface area contributed by atoms with E-state index >= 15 is 0 Å². The van der Waals surface area contributed by atoms with E-state index in [9.17, 15) is 5.21 Å². The van der Waals surface area contributed by atoms with Gasteiger partial charge in [0.15, 0.2) is 0 Å². The van der Waals surface area contributed by atoms with Crippen molar-refractivity contribution in [2.75, 3.05) is 10.5 Å². The summed E-state index contributed by atoms with van der Waals surface area (Å²) in [5, 5.41) is 15.1. The predicted octanol–water partition coefficient (Wildman–Crippen LogP) is 4.16. The molecule has 0 saturated heterocycles. The van der Waals surface area contributed by atoms with Crippen molar-refractivity contribution in [1.29, 1.82) is 0 Å². The predicted molar refractivity (Wildman–Crippen MR) is 108 cm³/mol. The molecule has 0 aliphatic carbocycles. The normalized spacial score (nSPS) is 12.8. The zero-order valence-electron chi connectivity index (χ0n) is 14.6. The van der Waals surface area contributed by atoms with Crippen molar-refractivity contribution >= 4 is 22.3 Å². The highest BCUT2D eigenvalue weighted by Crippen LogP contribution is 2.38. The van der Waals surface area contributed by atoms with Crippen LogP contribution in [-0.2, 0) is 13.1 Å². The molecule has 0 fully saturated rings. The number of hydroxylamine groups is 1. The molecule has 0 atom stereocenters. The first-order chi connectivity index (χ1) is 13.3. The van der Waals surface area contributed by atoms with Crippen molar-refractivity contribution in [1.82, 2.24) is 15.4 Å². The Morgan fingerprint density at radius 2 is 2.04 bits per heavy atom. The summed E-state index contributed by atoms with van der Waals surface area (Å²) in [7, 11) is 0. The lowest BCUT2D eigenvalue weighted by molar-refractivity contribution is 0.849. The maximum atomic E-state index is 13.0. The number of hydrogen-bond donors (Lipinski definition) is 3. The average Bonchev–Trinajstić information content (AvgIpc) is 3.36. The summed E-state index contributed by atoms with van der Waals surface area (Å²) in [6.45, 7) is 0.825. The van der Waals surface area contributed by atoms with Gasteiger partial charge in [-0.3, -0.25) is 4.98 Å². The zero-order valence-corrected chi connectivity index (χ0v) is 14.6. The number of nitrogens with zero attached hydrogens (tertiary/aromatic N) is 2. The molecule has 4 aromatic rings. The van der Waals surface area contributed by atoms with Gasteiger partial charge in [0.2, 0.25) is 0 Å². The Balaban J connectivity index is 1.61. The van der Waals surface area contributed by atoms with E-state index in [1.54, 1.807) is 6.20 Å². The zero-order chi connectivity index (χ0) is 18.2. The van der Waals surface area contributed by atoms with Crippen LogP contribution < -0.4 is 15.9 Å². The lowest BCUT2D eigenvalue weighted by Gasteiger charge is -2.32. The lowest BCUT2D eigenvalue weighted by Crippen LogP contribution is -2.17. The second-order valence-corrected chi connectivity index (χ2v) is 6.60. The van der Waals surface area contributed by atoms with E-state index in [0.717, 1.165) is 44.0 Å². The summed E-state index contributed by atoms with van der Waals surface area (Å²) in [5.74, 6) is 0. The van der Waals surface area contributed by atoms with Gasteiger partial charge in [0.1, 0.15) is 0 Å². The standard InChI is InChI=1S/C21H18N5O/c27-26(13-15-4-1-2-8-22-15)21-11-14(10-20-18(21)12-24-25-20)16-5-3-6-19-17(16)7-9-23-19/h1-11,23-25H,12-13H2/q-1. The van der Waals surface area contributed by atoms with Crippen LogP contribution in [0.5, 0.6) is 0 Å². The number of benzene rings is 2. The summed E-state index contributed by atoms with van der Waals surface area (Å²) < 4.78 is 0. The molecule has 0 amide bonds. The maximum absolute atomic E-state index is 13.0. The van der Waals surface area contributed by atoms with Crippen LogP contribution in [0.15, 0.2) is 67.0 Å². The van der Waals surface area contributed by atoms with Crippen molar-refractivity contribution < 1.29 is 0 Å². The van der Waals surface area contributed by atoms with Crippen molar-refractivity contribution in [2.24, 2.45) is 0 Å². The third-order valence-corrected chi connectivity index (χ3v) is 4.92. The smallest absolute Gasteiger partial charge is 0.0588 e. The molecule has 134 valence electrons. The second kappa shape index (κ2) is 6.42. The van der Waals surface area contributed by atoms with Crippen LogP contribution in [0, 0.1) is 5.21 Å². The summed E-state index contributed by atoms with van der Waals surface area (Å²) in [6, 6.07) is 17.9. The van der Waals surface area contributed by atoms with Gasteiger partial charge in [0.25, 0.3) is 0 Å². The minimum absolute atomic E-state index is 0.213. The van der Waals surface area contributed by atoms with Gasteiger partial charge in [-0.2, -0.15) is 0 Å². The van der Waals surface area contributed by atoms with Gasteiger partial charge >= 0.3 is 0 Å². The van der Waals surface area contributed by atoms with E-state index in [-0.39, 0.29) is 6.54 Å². The van der Waals surface area contributed by atoms with E-state index in [1.165, 1.54) is 0 Å². The van der Waals surface area contributed by atoms with Crippen LogP contribution in [0.25, 0.3) is 22.0 Å². The third-order valence-electron chi connectivity index (χ3n) is 4.92. The molecular formula is C21H18N5O-. The first-order valence-corrected chi connectivity index (χ1v) is 8.86. The molecule has 3 N–H and O–H groups in total. The third kappa shape index (κ3) is 2.81. The summed E-state index contributed by atoms with van der Waals surface area (Å²) in [6.07, 6.45) is 3.64. The van der Waals surface area contributed by atoms with Gasteiger partial charge < -0.3 is 20.7 Å². The minimum atomic E-state index is 0.213. The molecule has 5 rings (SSSR count). The van der Waals surface area contributed by atoms with Crippen molar-refractivity contribution in [3.63, 3.8) is 0 Å². The Bertz CT molecular complexity index is 1110. The molecule has 0 spiro atoms. The summed E-state index contributed by atoms with van der Waals surface area (Å²) in [4.78, 5) is 7.52. The highest BCUT2D eigenvalue weighted by Gasteiger charge is 2.18. The number of hydrazine groups is 1. The van der Waals surface area contributed by atoms with Crippen LogP contribution in [0.2, 0.25) is 0 Å². The number of nitrogens with one attached hydrogen (secondary N) is 3. The highest BCUT2D eigenvalue weighted by atomic mass is 16.5. The van der Waals surface area contributed by atoms with Crippen LogP contribution in [0.4, 0.5) is 11.4 Å². The van der Waals surface area contributed by atoms with Gasteiger partial charge in [-0.1, -0.05) is 18.2 Å². The van der Waals surface area contributed by atoms with Crippen LogP contribution in [0.1, 0.15) is 11.3 Å². The molecule has 0 radical (unpaired) electrons. The fraction of sp³-hybridized carbons (Fsp3) is 0.0952. The molecule has 1 aliphatic rings. The fourth-order valence-corrected chi connectivity index (χ4v) is 3.62. The van der Waals surface area contributed by atoms with Crippen molar-refractivity contribution in [3.8, 4) is 11.1 Å². The maximum Gasteiger partial charge on any atom is 0.0588 e. The quantitative estimate of drug-likeness (QED) is 0.479. The van der Waals surface area contributed by atoms with Crippen molar-refractivity contribution in [3.05, 3.63) is 83.5 Å². The van der Waals surface area contributed by atoms with Gasteiger partial charge in [-0.05, 0) is 47.5 Å². The van der Waals surface area contributed by atoms with Gasteiger partial charge in [0.05, 0.1) is 11.4 Å². The second-order valence-electron chi connectivity index (χ2n) is 6.60. The number of aromatic amines is 1. The average molecular weight is 356 g/mol. The molecule has 0 unspecified atom stereocenters. The molecule has 6 nitrogen and oxygen atoms in total. The van der Waals surface area contributed by atoms with E-state index in [0.29, 0.717) is 12.2 Å². The van der Waals surface area contributed by atoms with Crippen LogP contribution >= 0.6 is 0 Å². The lowest BCUT2D eigenvalue weighted by atomic mass is 9.98. The molecule has 6 heteroatoms. The Hall–Kier alpha value is -3.35. The largest absolute Gasteiger partial charge is 0.758 e. The fourth-order valence-electron chi connectivity index (χ4n) is 3.62. The number of aromatic nitrogens is 2. The van der Waals surface area contributed by atoms with Gasteiger partial charge in [-0.15, -0.1) is 0 Å². The number of H-pyrrole nitrogens is 1. The molecule has 0 saturated carbocycles. The number of pyridine rings is 1.